The molecule has 1 spiro atoms. The van der Waals surface area contributed by atoms with Crippen LogP contribution in [0, 0.1) is 13.8 Å². The molecule has 5 nitrogen and oxygen atoms in total. The van der Waals surface area contributed by atoms with Gasteiger partial charge in [-0.15, -0.1) is 10.2 Å². The first kappa shape index (κ1) is 18.8. The van der Waals surface area contributed by atoms with Crippen molar-refractivity contribution in [3.05, 3.63) is 71.3 Å². The maximum Gasteiger partial charge on any atom is 0.170 e. The number of rotatable bonds is 2. The maximum atomic E-state index is 12.8. The summed E-state index contributed by atoms with van der Waals surface area (Å²) in [6.07, 6.45) is 2.05. The third-order valence-corrected chi connectivity index (χ3v) is 6.42. The summed E-state index contributed by atoms with van der Waals surface area (Å²) in [4.78, 5) is 15.1. The van der Waals surface area contributed by atoms with Crippen LogP contribution in [0.25, 0.3) is 11.3 Å². The van der Waals surface area contributed by atoms with Crippen LogP contribution in [0.2, 0.25) is 0 Å². The monoisotopic (exact) mass is 399 g/mol. The Morgan fingerprint density at radius 1 is 0.933 bits per heavy atom. The van der Waals surface area contributed by atoms with Gasteiger partial charge < -0.3 is 9.64 Å². The number of Topliss-reactive ketones (excluding diaryl/α,β-unsaturated/α-hetero) is 1. The van der Waals surface area contributed by atoms with Crippen molar-refractivity contribution in [1.29, 1.82) is 0 Å². The number of aryl methyl sites for hydroxylation is 2. The van der Waals surface area contributed by atoms with Gasteiger partial charge in [-0.3, -0.25) is 4.79 Å². The van der Waals surface area contributed by atoms with Crippen molar-refractivity contribution in [1.82, 2.24) is 10.2 Å². The van der Waals surface area contributed by atoms with Gasteiger partial charge in [0.05, 0.1) is 17.7 Å². The molecule has 5 rings (SSSR count). The highest BCUT2D eigenvalue weighted by molar-refractivity contribution is 6.00. The highest BCUT2D eigenvalue weighted by Gasteiger charge is 2.43. The zero-order chi connectivity index (χ0) is 20.7. The molecule has 1 fully saturated rings. The second kappa shape index (κ2) is 7.24. The van der Waals surface area contributed by atoms with Crippen molar-refractivity contribution in [3.63, 3.8) is 0 Å². The topological polar surface area (TPSA) is 55.3 Å². The molecule has 0 aliphatic carbocycles. The first-order valence-electron chi connectivity index (χ1n) is 10.5. The summed E-state index contributed by atoms with van der Waals surface area (Å²) < 4.78 is 6.44. The average Bonchev–Trinajstić information content (AvgIpc) is 2.77. The SMILES string of the molecule is Cc1cc2c(cc1C)C(=O)CC1(CCN(c3ccc(-c4ccccc4)nn3)CC1)O2. The number of anilines is 1. The molecule has 1 saturated heterocycles. The second-order valence-electron chi connectivity index (χ2n) is 8.45. The van der Waals surface area contributed by atoms with E-state index in [0.717, 1.165) is 65.4 Å². The Morgan fingerprint density at radius 2 is 1.67 bits per heavy atom. The number of nitrogens with zero attached hydrogens (tertiary/aromatic N) is 3. The van der Waals surface area contributed by atoms with Gasteiger partial charge in [0, 0.05) is 31.5 Å². The Balaban J connectivity index is 1.30. The number of piperidine rings is 1. The summed E-state index contributed by atoms with van der Waals surface area (Å²) in [6, 6.07) is 18.1. The molecule has 5 heteroatoms. The number of aromatic nitrogens is 2. The highest BCUT2D eigenvalue weighted by atomic mass is 16.5. The Kier molecular flexibility index (Phi) is 4.54. The summed E-state index contributed by atoms with van der Waals surface area (Å²) in [7, 11) is 0. The number of carbonyl (C=O) groups is 1. The Bertz CT molecular complexity index is 1090. The fourth-order valence-electron chi connectivity index (χ4n) is 4.43. The van der Waals surface area contributed by atoms with Crippen molar-refractivity contribution in [3.8, 4) is 17.0 Å². The van der Waals surface area contributed by atoms with Gasteiger partial charge in [0.15, 0.2) is 11.6 Å². The quantitative estimate of drug-likeness (QED) is 0.622. The number of carbonyl (C=O) groups excluding carboxylic acids is 1. The van der Waals surface area contributed by atoms with E-state index >= 15 is 0 Å². The second-order valence-corrected chi connectivity index (χ2v) is 8.45. The smallest absolute Gasteiger partial charge is 0.170 e. The lowest BCUT2D eigenvalue weighted by molar-refractivity contribution is 0.0230. The number of benzene rings is 2. The molecule has 3 heterocycles. The van der Waals surface area contributed by atoms with Crippen LogP contribution in [0.4, 0.5) is 5.82 Å². The molecule has 0 atom stereocenters. The van der Waals surface area contributed by atoms with Gasteiger partial charge in [-0.05, 0) is 49.2 Å². The molecule has 3 aromatic rings. The molecule has 0 bridgehead atoms. The van der Waals surface area contributed by atoms with Gasteiger partial charge in [-0.25, -0.2) is 0 Å². The third-order valence-electron chi connectivity index (χ3n) is 6.42. The predicted octanol–water partition coefficient (Wildman–Crippen LogP) is 4.76. The van der Waals surface area contributed by atoms with E-state index in [1.165, 1.54) is 0 Å². The third kappa shape index (κ3) is 3.34. The average molecular weight is 399 g/mol. The van der Waals surface area contributed by atoms with E-state index in [2.05, 4.69) is 22.0 Å². The first-order chi connectivity index (χ1) is 14.5. The van der Waals surface area contributed by atoms with E-state index in [1.54, 1.807) is 0 Å². The number of fused-ring (bicyclic) bond motifs is 1. The summed E-state index contributed by atoms with van der Waals surface area (Å²) >= 11 is 0. The number of ether oxygens (including phenoxy) is 1. The van der Waals surface area contributed by atoms with Crippen LogP contribution in [0.5, 0.6) is 5.75 Å². The normalized spacial score (nSPS) is 17.5. The van der Waals surface area contributed by atoms with Crippen LogP contribution in [0.3, 0.4) is 0 Å². The van der Waals surface area contributed by atoms with E-state index < -0.39 is 5.60 Å². The summed E-state index contributed by atoms with van der Waals surface area (Å²) in [5, 5.41) is 8.86. The Labute approximate surface area is 176 Å². The van der Waals surface area contributed by atoms with Gasteiger partial charge in [-0.2, -0.15) is 0 Å². The molecule has 2 aliphatic heterocycles. The van der Waals surface area contributed by atoms with E-state index in [9.17, 15) is 4.79 Å². The molecule has 1 aromatic heterocycles. The molecule has 0 unspecified atom stereocenters. The molecule has 2 aliphatic rings. The van der Waals surface area contributed by atoms with Gasteiger partial charge in [0.2, 0.25) is 0 Å². The Hall–Kier alpha value is -3.21. The fourth-order valence-corrected chi connectivity index (χ4v) is 4.43. The summed E-state index contributed by atoms with van der Waals surface area (Å²) in [5.41, 5.74) is 4.55. The van der Waals surface area contributed by atoms with Crippen LogP contribution >= 0.6 is 0 Å². The molecule has 0 radical (unpaired) electrons. The van der Waals surface area contributed by atoms with Crippen molar-refractivity contribution >= 4 is 11.6 Å². The van der Waals surface area contributed by atoms with E-state index in [-0.39, 0.29) is 5.78 Å². The molecular formula is C25H25N3O2. The lowest BCUT2D eigenvalue weighted by atomic mass is 9.82. The van der Waals surface area contributed by atoms with Gasteiger partial charge in [-0.1, -0.05) is 30.3 Å². The minimum atomic E-state index is -0.403. The molecule has 2 aromatic carbocycles. The van der Waals surface area contributed by atoms with Crippen molar-refractivity contribution < 1.29 is 9.53 Å². The maximum absolute atomic E-state index is 12.8. The minimum Gasteiger partial charge on any atom is -0.486 e. The van der Waals surface area contributed by atoms with Gasteiger partial charge in [0.25, 0.3) is 0 Å². The molecule has 0 saturated carbocycles. The Morgan fingerprint density at radius 3 is 2.37 bits per heavy atom. The highest BCUT2D eigenvalue weighted by Crippen LogP contribution is 2.40. The number of ketones is 1. The summed E-state index contributed by atoms with van der Waals surface area (Å²) in [6.45, 7) is 5.70. The lowest BCUT2D eigenvalue weighted by Gasteiger charge is -2.44. The molecule has 0 N–H and O–H groups in total. The molecule has 30 heavy (non-hydrogen) atoms. The van der Waals surface area contributed by atoms with Crippen LogP contribution in [0.15, 0.2) is 54.6 Å². The minimum absolute atomic E-state index is 0.194. The van der Waals surface area contributed by atoms with E-state index in [1.807, 2.05) is 61.5 Å². The van der Waals surface area contributed by atoms with Crippen molar-refractivity contribution in [2.24, 2.45) is 0 Å². The van der Waals surface area contributed by atoms with Crippen LogP contribution in [-0.4, -0.2) is 34.7 Å². The number of hydrogen-bond donors (Lipinski definition) is 0. The van der Waals surface area contributed by atoms with Crippen LogP contribution in [0.1, 0.15) is 40.7 Å². The van der Waals surface area contributed by atoms with Crippen LogP contribution in [-0.2, 0) is 0 Å². The van der Waals surface area contributed by atoms with E-state index in [4.69, 9.17) is 4.74 Å². The van der Waals surface area contributed by atoms with Gasteiger partial charge in [0.1, 0.15) is 11.4 Å². The van der Waals surface area contributed by atoms with Crippen LogP contribution < -0.4 is 9.64 Å². The van der Waals surface area contributed by atoms with Crippen molar-refractivity contribution in [2.45, 2.75) is 38.7 Å². The zero-order valence-corrected chi connectivity index (χ0v) is 17.4. The largest absolute Gasteiger partial charge is 0.486 e. The summed E-state index contributed by atoms with van der Waals surface area (Å²) in [5.74, 6) is 1.81. The standard InChI is InChI=1S/C25H25N3O2/c1-17-14-20-22(29)16-25(30-23(20)15-18(17)2)10-12-28(13-11-25)24-9-8-21(26-27-24)19-6-4-3-5-7-19/h3-9,14-15H,10-13,16H2,1-2H3. The fraction of sp³-hybridized carbons (Fsp3) is 0.320. The molecule has 152 valence electrons. The van der Waals surface area contributed by atoms with Crippen molar-refractivity contribution in [2.75, 3.05) is 18.0 Å². The molecular weight excluding hydrogens is 374 g/mol. The lowest BCUT2D eigenvalue weighted by Crippen LogP contribution is -2.51. The van der Waals surface area contributed by atoms with Gasteiger partial charge >= 0.3 is 0 Å². The zero-order valence-electron chi connectivity index (χ0n) is 17.4. The van der Waals surface area contributed by atoms with E-state index in [0.29, 0.717) is 6.42 Å². The number of hydrogen-bond acceptors (Lipinski definition) is 5. The predicted molar refractivity (Wildman–Crippen MR) is 117 cm³/mol. The first-order valence-corrected chi connectivity index (χ1v) is 10.5. The molecule has 0 amide bonds.